The predicted molar refractivity (Wildman–Crippen MR) is 84.2 cm³/mol. The minimum absolute atomic E-state index is 0.199. The minimum Gasteiger partial charge on any atom is -0.493 e. The van der Waals surface area contributed by atoms with Crippen LogP contribution in [0.2, 0.25) is 0 Å². The standard InChI is InChI=1S/C17H27NO3/c1-4-10-18-15(12-21-14-6-5-7-14)13-8-9-16(19-2)17(11-13)20-3/h8-9,11,14-15,18H,4-7,10,12H2,1-3H3. The summed E-state index contributed by atoms with van der Waals surface area (Å²) in [5, 5.41) is 3.56. The van der Waals surface area contributed by atoms with Gasteiger partial charge in [-0.2, -0.15) is 0 Å². The molecular formula is C17H27NO3. The van der Waals surface area contributed by atoms with Crippen LogP contribution in [-0.4, -0.2) is 33.5 Å². The third-order valence-corrected chi connectivity index (χ3v) is 4.00. The van der Waals surface area contributed by atoms with E-state index < -0.39 is 0 Å². The van der Waals surface area contributed by atoms with Crippen LogP contribution in [0.3, 0.4) is 0 Å². The molecular weight excluding hydrogens is 266 g/mol. The molecule has 4 nitrogen and oxygen atoms in total. The summed E-state index contributed by atoms with van der Waals surface area (Å²) in [5.74, 6) is 1.53. The molecule has 0 bridgehead atoms. The SMILES string of the molecule is CCCNC(COC1CCC1)c1ccc(OC)c(OC)c1. The predicted octanol–water partition coefficient (Wildman–Crippen LogP) is 3.31. The molecule has 21 heavy (non-hydrogen) atoms. The van der Waals surface area contributed by atoms with Crippen molar-refractivity contribution in [3.05, 3.63) is 23.8 Å². The molecule has 1 atom stereocenters. The third kappa shape index (κ3) is 4.35. The Kier molecular flexibility index (Phi) is 6.33. The maximum Gasteiger partial charge on any atom is 0.161 e. The molecule has 0 saturated heterocycles. The Morgan fingerprint density at radius 1 is 1.19 bits per heavy atom. The van der Waals surface area contributed by atoms with Crippen molar-refractivity contribution in [2.45, 2.75) is 44.8 Å². The fourth-order valence-corrected chi connectivity index (χ4v) is 2.43. The van der Waals surface area contributed by atoms with Crippen LogP contribution in [0.5, 0.6) is 11.5 Å². The van der Waals surface area contributed by atoms with Gasteiger partial charge in [-0.15, -0.1) is 0 Å². The Bertz CT molecular complexity index is 432. The molecule has 0 radical (unpaired) electrons. The van der Waals surface area contributed by atoms with Gasteiger partial charge in [0.2, 0.25) is 0 Å². The molecule has 118 valence electrons. The summed E-state index contributed by atoms with van der Waals surface area (Å²) in [6.45, 7) is 3.86. The number of rotatable bonds is 9. The van der Waals surface area contributed by atoms with Crippen molar-refractivity contribution < 1.29 is 14.2 Å². The molecule has 1 unspecified atom stereocenters. The second kappa shape index (κ2) is 8.25. The molecule has 0 heterocycles. The lowest BCUT2D eigenvalue weighted by molar-refractivity contribution is -0.00878. The average molecular weight is 293 g/mol. The van der Waals surface area contributed by atoms with Gasteiger partial charge < -0.3 is 19.5 Å². The number of methoxy groups -OCH3 is 2. The van der Waals surface area contributed by atoms with Crippen molar-refractivity contribution in [3.8, 4) is 11.5 Å². The normalized spacial score (nSPS) is 16.3. The van der Waals surface area contributed by atoms with Gasteiger partial charge in [0.15, 0.2) is 11.5 Å². The van der Waals surface area contributed by atoms with Crippen LogP contribution in [-0.2, 0) is 4.74 Å². The molecule has 1 fully saturated rings. The molecule has 4 heteroatoms. The van der Waals surface area contributed by atoms with E-state index in [9.17, 15) is 0 Å². The van der Waals surface area contributed by atoms with E-state index in [1.165, 1.54) is 24.8 Å². The van der Waals surface area contributed by atoms with E-state index in [0.717, 1.165) is 24.5 Å². The topological polar surface area (TPSA) is 39.7 Å². The number of benzene rings is 1. The van der Waals surface area contributed by atoms with Crippen LogP contribution in [0, 0.1) is 0 Å². The van der Waals surface area contributed by atoms with E-state index in [-0.39, 0.29) is 6.04 Å². The van der Waals surface area contributed by atoms with Gasteiger partial charge in [0.1, 0.15) is 0 Å². The molecule has 1 aromatic carbocycles. The fraction of sp³-hybridized carbons (Fsp3) is 0.647. The molecule has 1 N–H and O–H groups in total. The molecule has 0 amide bonds. The summed E-state index contributed by atoms with van der Waals surface area (Å²) < 4.78 is 16.7. The molecule has 0 aliphatic heterocycles. The Hall–Kier alpha value is -1.26. The zero-order chi connectivity index (χ0) is 15.1. The zero-order valence-electron chi connectivity index (χ0n) is 13.4. The summed E-state index contributed by atoms with van der Waals surface area (Å²) in [5.41, 5.74) is 1.18. The van der Waals surface area contributed by atoms with Crippen molar-refractivity contribution in [1.29, 1.82) is 0 Å². The van der Waals surface area contributed by atoms with E-state index in [1.807, 2.05) is 12.1 Å². The number of hydrogen-bond donors (Lipinski definition) is 1. The Balaban J connectivity index is 2.06. The van der Waals surface area contributed by atoms with Crippen LogP contribution in [0.15, 0.2) is 18.2 Å². The van der Waals surface area contributed by atoms with E-state index in [0.29, 0.717) is 12.7 Å². The van der Waals surface area contributed by atoms with E-state index in [1.54, 1.807) is 14.2 Å². The van der Waals surface area contributed by atoms with Crippen LogP contribution in [0.1, 0.15) is 44.2 Å². The van der Waals surface area contributed by atoms with Crippen LogP contribution >= 0.6 is 0 Å². The van der Waals surface area contributed by atoms with Crippen molar-refractivity contribution in [1.82, 2.24) is 5.32 Å². The van der Waals surface area contributed by atoms with Gasteiger partial charge in [-0.25, -0.2) is 0 Å². The highest BCUT2D eigenvalue weighted by atomic mass is 16.5. The Labute approximate surface area is 127 Å². The maximum atomic E-state index is 5.99. The molecule has 1 aliphatic carbocycles. The first-order valence-electron chi connectivity index (χ1n) is 7.85. The first kappa shape index (κ1) is 16.1. The monoisotopic (exact) mass is 293 g/mol. The average Bonchev–Trinajstić information content (AvgIpc) is 2.48. The van der Waals surface area contributed by atoms with Gasteiger partial charge in [-0.05, 0) is 49.9 Å². The second-order valence-corrected chi connectivity index (χ2v) is 5.51. The summed E-state index contributed by atoms with van der Waals surface area (Å²) in [6.07, 6.45) is 5.26. The molecule has 1 saturated carbocycles. The highest BCUT2D eigenvalue weighted by Gasteiger charge is 2.21. The molecule has 2 rings (SSSR count). The smallest absolute Gasteiger partial charge is 0.161 e. The van der Waals surface area contributed by atoms with E-state index >= 15 is 0 Å². The van der Waals surface area contributed by atoms with Crippen molar-refractivity contribution in [2.75, 3.05) is 27.4 Å². The highest BCUT2D eigenvalue weighted by Crippen LogP contribution is 2.31. The second-order valence-electron chi connectivity index (χ2n) is 5.51. The number of ether oxygens (including phenoxy) is 3. The lowest BCUT2D eigenvalue weighted by Gasteiger charge is -2.28. The highest BCUT2D eigenvalue weighted by molar-refractivity contribution is 5.43. The van der Waals surface area contributed by atoms with Gasteiger partial charge >= 0.3 is 0 Å². The van der Waals surface area contributed by atoms with E-state index in [4.69, 9.17) is 14.2 Å². The molecule has 0 spiro atoms. The van der Waals surface area contributed by atoms with Crippen LogP contribution in [0.25, 0.3) is 0 Å². The van der Waals surface area contributed by atoms with Crippen molar-refractivity contribution >= 4 is 0 Å². The van der Waals surface area contributed by atoms with Gasteiger partial charge in [-0.1, -0.05) is 13.0 Å². The van der Waals surface area contributed by atoms with E-state index in [2.05, 4.69) is 18.3 Å². The number of hydrogen-bond acceptors (Lipinski definition) is 4. The van der Waals surface area contributed by atoms with Gasteiger partial charge in [-0.3, -0.25) is 0 Å². The molecule has 0 aromatic heterocycles. The summed E-state index contributed by atoms with van der Waals surface area (Å²) in [4.78, 5) is 0. The zero-order valence-corrected chi connectivity index (χ0v) is 13.4. The number of nitrogens with one attached hydrogen (secondary N) is 1. The lowest BCUT2D eigenvalue weighted by atomic mass is 9.96. The first-order valence-corrected chi connectivity index (χ1v) is 7.85. The van der Waals surface area contributed by atoms with Crippen molar-refractivity contribution in [2.24, 2.45) is 0 Å². The maximum absolute atomic E-state index is 5.99. The summed E-state index contributed by atoms with van der Waals surface area (Å²) >= 11 is 0. The Morgan fingerprint density at radius 3 is 2.52 bits per heavy atom. The van der Waals surface area contributed by atoms with Gasteiger partial charge in [0, 0.05) is 0 Å². The first-order chi connectivity index (χ1) is 10.3. The summed E-state index contributed by atoms with van der Waals surface area (Å²) in [7, 11) is 3.32. The van der Waals surface area contributed by atoms with Crippen LogP contribution < -0.4 is 14.8 Å². The largest absolute Gasteiger partial charge is 0.493 e. The minimum atomic E-state index is 0.199. The van der Waals surface area contributed by atoms with Crippen molar-refractivity contribution in [3.63, 3.8) is 0 Å². The third-order valence-electron chi connectivity index (χ3n) is 4.00. The van der Waals surface area contributed by atoms with Gasteiger partial charge in [0.05, 0.1) is 33.0 Å². The molecule has 1 aromatic rings. The quantitative estimate of drug-likeness (QED) is 0.758. The molecule has 1 aliphatic rings. The van der Waals surface area contributed by atoms with Crippen LogP contribution in [0.4, 0.5) is 0 Å². The Morgan fingerprint density at radius 2 is 1.95 bits per heavy atom. The summed E-state index contributed by atoms with van der Waals surface area (Å²) in [6, 6.07) is 6.28. The fourth-order valence-electron chi connectivity index (χ4n) is 2.43. The van der Waals surface area contributed by atoms with Gasteiger partial charge in [0.25, 0.3) is 0 Å². The lowest BCUT2D eigenvalue weighted by Crippen LogP contribution is -2.30.